The van der Waals surface area contributed by atoms with Crippen molar-refractivity contribution in [1.29, 1.82) is 0 Å². The molecule has 0 aliphatic carbocycles. The summed E-state index contributed by atoms with van der Waals surface area (Å²) in [5.74, 6) is 1.41. The van der Waals surface area contributed by atoms with E-state index in [-0.39, 0.29) is 11.6 Å². The van der Waals surface area contributed by atoms with Gasteiger partial charge in [0.05, 0.1) is 26.5 Å². The number of aromatic nitrogens is 3. The van der Waals surface area contributed by atoms with Crippen molar-refractivity contribution in [3.63, 3.8) is 0 Å². The lowest BCUT2D eigenvalue weighted by Crippen LogP contribution is -2.26. The largest absolute Gasteiger partial charge is 0.493 e. The summed E-state index contributed by atoms with van der Waals surface area (Å²) in [6, 6.07) is 8.82. The van der Waals surface area contributed by atoms with Gasteiger partial charge in [0.25, 0.3) is 5.91 Å². The molecular weight excluding hydrogens is 336 g/mol. The third-order valence-electron chi connectivity index (χ3n) is 3.91. The van der Waals surface area contributed by atoms with Crippen LogP contribution in [0.25, 0.3) is 11.3 Å². The van der Waals surface area contributed by atoms with Gasteiger partial charge in [-0.05, 0) is 24.3 Å². The van der Waals surface area contributed by atoms with Gasteiger partial charge in [-0.2, -0.15) is 5.10 Å². The number of carbonyl (C=O) groups excluding carboxylic acids is 1. The fraction of sp³-hybridized carbons (Fsp3) is 0.278. The Kier molecular flexibility index (Phi) is 4.92. The molecule has 0 fully saturated rings. The Morgan fingerprint density at radius 3 is 2.62 bits per heavy atom. The number of ether oxygens (including phenoxy) is 2. The summed E-state index contributed by atoms with van der Waals surface area (Å²) >= 11 is 0. The Hall–Kier alpha value is -3.29. The molecule has 136 valence electrons. The van der Waals surface area contributed by atoms with Gasteiger partial charge in [0.15, 0.2) is 23.0 Å². The first-order chi connectivity index (χ1) is 12.5. The number of hydrogen-bond donors (Lipinski definition) is 0. The van der Waals surface area contributed by atoms with Crippen LogP contribution in [-0.2, 0) is 13.6 Å². The number of hydrogen-bond acceptors (Lipinski definition) is 6. The molecule has 0 saturated heterocycles. The lowest BCUT2D eigenvalue weighted by atomic mass is 10.1. The monoisotopic (exact) mass is 356 g/mol. The van der Waals surface area contributed by atoms with Gasteiger partial charge in [0.1, 0.15) is 0 Å². The molecule has 2 aromatic heterocycles. The van der Waals surface area contributed by atoms with Gasteiger partial charge >= 0.3 is 0 Å². The van der Waals surface area contributed by atoms with E-state index in [1.165, 1.54) is 0 Å². The van der Waals surface area contributed by atoms with E-state index < -0.39 is 0 Å². The molecule has 0 aliphatic heterocycles. The maximum atomic E-state index is 12.5. The van der Waals surface area contributed by atoms with Crippen LogP contribution in [-0.4, -0.2) is 47.0 Å². The smallest absolute Gasteiger partial charge is 0.276 e. The molecule has 3 rings (SSSR count). The van der Waals surface area contributed by atoms with Gasteiger partial charge in [0, 0.05) is 31.9 Å². The summed E-state index contributed by atoms with van der Waals surface area (Å²) in [7, 11) is 6.66. The minimum Gasteiger partial charge on any atom is -0.493 e. The molecule has 0 radical (unpaired) electrons. The first kappa shape index (κ1) is 17.5. The molecule has 26 heavy (non-hydrogen) atoms. The maximum Gasteiger partial charge on any atom is 0.276 e. The standard InChI is InChI=1S/C18H20N4O4/c1-21(11-13-7-8-22(2)19-13)18(23)14-10-16(26-20-14)12-5-6-15(24-3)17(9-12)25-4/h5-10H,11H2,1-4H3. The van der Waals surface area contributed by atoms with E-state index >= 15 is 0 Å². The molecule has 2 heterocycles. The molecule has 0 aliphatic rings. The Balaban J connectivity index is 1.77. The molecule has 0 atom stereocenters. The number of carbonyl (C=O) groups is 1. The first-order valence-electron chi connectivity index (χ1n) is 7.95. The van der Waals surface area contributed by atoms with E-state index in [0.29, 0.717) is 23.8 Å². The Bertz CT molecular complexity index is 916. The second kappa shape index (κ2) is 7.30. The van der Waals surface area contributed by atoms with Crippen molar-refractivity contribution in [2.45, 2.75) is 6.54 Å². The van der Waals surface area contributed by atoms with E-state index in [9.17, 15) is 4.79 Å². The fourth-order valence-electron chi connectivity index (χ4n) is 2.56. The molecule has 3 aromatic rings. The lowest BCUT2D eigenvalue weighted by Gasteiger charge is -2.13. The summed E-state index contributed by atoms with van der Waals surface area (Å²) in [6.45, 7) is 0.387. The minimum atomic E-state index is -0.244. The molecule has 1 aromatic carbocycles. The van der Waals surface area contributed by atoms with Crippen molar-refractivity contribution in [2.24, 2.45) is 7.05 Å². The van der Waals surface area contributed by atoms with E-state index in [4.69, 9.17) is 14.0 Å². The second-order valence-electron chi connectivity index (χ2n) is 5.79. The quantitative estimate of drug-likeness (QED) is 0.674. The summed E-state index contributed by atoms with van der Waals surface area (Å²) < 4.78 is 17.5. The highest BCUT2D eigenvalue weighted by atomic mass is 16.5. The highest BCUT2D eigenvalue weighted by Crippen LogP contribution is 2.32. The average molecular weight is 356 g/mol. The van der Waals surface area contributed by atoms with Crippen LogP contribution in [0.15, 0.2) is 41.1 Å². The molecule has 8 heteroatoms. The normalized spacial score (nSPS) is 10.6. The van der Waals surface area contributed by atoms with Crippen LogP contribution in [0, 0.1) is 0 Å². The van der Waals surface area contributed by atoms with Crippen molar-refractivity contribution >= 4 is 5.91 Å². The SMILES string of the molecule is COc1ccc(-c2cc(C(=O)N(C)Cc3ccn(C)n3)no2)cc1OC. The van der Waals surface area contributed by atoms with Gasteiger partial charge in [-0.1, -0.05) is 5.16 Å². The van der Waals surface area contributed by atoms with Crippen LogP contribution in [0.3, 0.4) is 0 Å². The third kappa shape index (κ3) is 3.53. The van der Waals surface area contributed by atoms with Crippen LogP contribution in [0.2, 0.25) is 0 Å². The van der Waals surface area contributed by atoms with Crippen molar-refractivity contribution < 1.29 is 18.8 Å². The van der Waals surface area contributed by atoms with Gasteiger partial charge in [-0.25, -0.2) is 0 Å². The molecule has 0 saturated carbocycles. The van der Waals surface area contributed by atoms with E-state index in [1.807, 2.05) is 25.4 Å². The molecule has 0 spiro atoms. The van der Waals surface area contributed by atoms with E-state index in [0.717, 1.165) is 11.3 Å². The summed E-state index contributed by atoms with van der Waals surface area (Å²) in [5.41, 5.74) is 1.77. The number of rotatable bonds is 6. The Labute approximate surface area is 150 Å². The second-order valence-corrected chi connectivity index (χ2v) is 5.79. The Morgan fingerprint density at radius 1 is 1.19 bits per heavy atom. The number of nitrogens with zero attached hydrogens (tertiary/aromatic N) is 4. The lowest BCUT2D eigenvalue weighted by molar-refractivity contribution is 0.0773. The van der Waals surface area contributed by atoms with Crippen molar-refractivity contribution in [1.82, 2.24) is 19.8 Å². The number of methoxy groups -OCH3 is 2. The predicted octanol–water partition coefficient (Wildman–Crippen LogP) is 2.36. The predicted molar refractivity (Wildman–Crippen MR) is 94.0 cm³/mol. The number of aryl methyl sites for hydroxylation is 1. The van der Waals surface area contributed by atoms with Gasteiger partial charge in [0.2, 0.25) is 0 Å². The number of benzene rings is 1. The van der Waals surface area contributed by atoms with Gasteiger partial charge < -0.3 is 18.9 Å². The van der Waals surface area contributed by atoms with Crippen LogP contribution < -0.4 is 9.47 Å². The van der Waals surface area contributed by atoms with Crippen LogP contribution in [0.1, 0.15) is 16.2 Å². The maximum absolute atomic E-state index is 12.5. The average Bonchev–Trinajstić information content (AvgIpc) is 3.29. The molecule has 0 unspecified atom stereocenters. The Morgan fingerprint density at radius 2 is 1.96 bits per heavy atom. The van der Waals surface area contributed by atoms with Crippen LogP contribution in [0.5, 0.6) is 11.5 Å². The zero-order valence-electron chi connectivity index (χ0n) is 15.1. The van der Waals surface area contributed by atoms with E-state index in [2.05, 4.69) is 10.3 Å². The molecular formula is C18H20N4O4. The minimum absolute atomic E-state index is 0.230. The highest BCUT2D eigenvalue weighted by Gasteiger charge is 2.19. The summed E-state index contributed by atoms with van der Waals surface area (Å²) in [4.78, 5) is 14.1. The summed E-state index contributed by atoms with van der Waals surface area (Å²) in [6.07, 6.45) is 1.83. The molecule has 8 nitrogen and oxygen atoms in total. The van der Waals surface area contributed by atoms with Crippen LogP contribution in [0.4, 0.5) is 0 Å². The molecule has 0 bridgehead atoms. The third-order valence-corrected chi connectivity index (χ3v) is 3.91. The van der Waals surface area contributed by atoms with Crippen LogP contribution >= 0.6 is 0 Å². The van der Waals surface area contributed by atoms with Crippen molar-refractivity contribution in [3.8, 4) is 22.8 Å². The topological polar surface area (TPSA) is 82.6 Å². The highest BCUT2D eigenvalue weighted by molar-refractivity contribution is 5.93. The fourth-order valence-corrected chi connectivity index (χ4v) is 2.56. The first-order valence-corrected chi connectivity index (χ1v) is 7.95. The van der Waals surface area contributed by atoms with Crippen molar-refractivity contribution in [2.75, 3.05) is 21.3 Å². The van der Waals surface area contributed by atoms with Crippen molar-refractivity contribution in [3.05, 3.63) is 47.9 Å². The van der Waals surface area contributed by atoms with Gasteiger partial charge in [-0.3, -0.25) is 9.48 Å². The molecule has 0 N–H and O–H groups in total. The number of amides is 1. The van der Waals surface area contributed by atoms with E-state index in [1.54, 1.807) is 49.0 Å². The summed E-state index contributed by atoms with van der Waals surface area (Å²) in [5, 5.41) is 8.16. The molecule has 1 amide bonds. The zero-order valence-corrected chi connectivity index (χ0v) is 15.1. The van der Waals surface area contributed by atoms with Gasteiger partial charge in [-0.15, -0.1) is 0 Å². The zero-order chi connectivity index (χ0) is 18.7.